The molecule has 1 heterocycles. The number of methoxy groups -OCH3 is 2. The second-order valence-corrected chi connectivity index (χ2v) is 12.3. The number of ketones is 3. The van der Waals surface area contributed by atoms with E-state index < -0.39 is 28.5 Å². The molecule has 6 unspecified atom stereocenters. The molecule has 2 aromatic rings. The first-order valence-electron chi connectivity index (χ1n) is 13.5. The van der Waals surface area contributed by atoms with Crippen molar-refractivity contribution < 1.29 is 33.7 Å². The molecule has 204 valence electrons. The minimum atomic E-state index is -1.45. The zero-order valence-electron chi connectivity index (χ0n) is 23.2. The Bertz CT molecular complexity index is 1450. The quantitative estimate of drug-likeness (QED) is 0.315. The Kier molecular flexibility index (Phi) is 5.39. The Labute approximate surface area is 228 Å². The maximum absolute atomic E-state index is 14.1. The van der Waals surface area contributed by atoms with Crippen LogP contribution in [0.25, 0.3) is 6.08 Å². The van der Waals surface area contributed by atoms with E-state index in [0.29, 0.717) is 23.5 Å². The molecule has 1 aliphatic heterocycles. The number of aromatic hydroxyl groups is 1. The molecule has 0 amide bonds. The van der Waals surface area contributed by atoms with E-state index in [1.165, 1.54) is 19.3 Å². The molecule has 7 nitrogen and oxygen atoms in total. The predicted octanol–water partition coefficient (Wildman–Crippen LogP) is 5.38. The zero-order chi connectivity index (χ0) is 28.1. The van der Waals surface area contributed by atoms with E-state index in [1.54, 1.807) is 25.3 Å². The van der Waals surface area contributed by atoms with Crippen molar-refractivity contribution in [1.82, 2.24) is 0 Å². The number of rotatable bonds is 5. The fraction of sp³-hybridized carbons (Fsp3) is 0.469. The molecule has 2 aromatic carbocycles. The molecule has 6 atom stereocenters. The third-order valence-corrected chi connectivity index (χ3v) is 10.4. The highest BCUT2D eigenvalue weighted by molar-refractivity contribution is 6.43. The standard InChI is InChI=1S/C32H34O7/c1-16-7-13-19-23-22(38-6)15-21(34)24(20(33)14-10-17-8-11-18(37-5)12-9-17)27(23)39-32(19)29(36)26(35)25-28(30(25,2)3)31(16,32)4/h8-12,14-16,19,25,28,34H,7,13H2,1-6H3. The summed E-state index contributed by atoms with van der Waals surface area (Å²) in [5.41, 5.74) is -1.05. The third kappa shape index (κ3) is 3.07. The van der Waals surface area contributed by atoms with Gasteiger partial charge in [0.05, 0.1) is 14.2 Å². The van der Waals surface area contributed by atoms with Crippen molar-refractivity contribution in [2.45, 2.75) is 52.1 Å². The van der Waals surface area contributed by atoms with Crippen molar-refractivity contribution in [3.8, 4) is 23.0 Å². The number of hydrogen-bond donors (Lipinski definition) is 1. The first-order valence-corrected chi connectivity index (χ1v) is 13.5. The monoisotopic (exact) mass is 530 g/mol. The lowest BCUT2D eigenvalue weighted by atomic mass is 9.48. The maximum atomic E-state index is 14.1. The Morgan fingerprint density at radius 1 is 1.08 bits per heavy atom. The van der Waals surface area contributed by atoms with E-state index in [9.17, 15) is 19.5 Å². The van der Waals surface area contributed by atoms with Crippen LogP contribution in [-0.2, 0) is 9.59 Å². The summed E-state index contributed by atoms with van der Waals surface area (Å²) in [6.07, 6.45) is 4.48. The van der Waals surface area contributed by atoms with Gasteiger partial charge in [-0.3, -0.25) is 14.4 Å². The van der Waals surface area contributed by atoms with Crippen LogP contribution in [0.2, 0.25) is 0 Å². The summed E-state index contributed by atoms with van der Waals surface area (Å²) < 4.78 is 17.6. The number of allylic oxidation sites excluding steroid dienone is 1. The normalized spacial score (nSPS) is 33.5. The van der Waals surface area contributed by atoms with Gasteiger partial charge >= 0.3 is 0 Å². The second kappa shape index (κ2) is 8.20. The molecule has 0 saturated heterocycles. The lowest BCUT2D eigenvalue weighted by Gasteiger charge is -2.56. The van der Waals surface area contributed by atoms with Crippen LogP contribution < -0.4 is 14.2 Å². The van der Waals surface area contributed by atoms with Crippen LogP contribution in [0.15, 0.2) is 36.4 Å². The Morgan fingerprint density at radius 2 is 1.77 bits per heavy atom. The molecule has 1 N–H and O–H groups in total. The van der Waals surface area contributed by atoms with Crippen molar-refractivity contribution in [3.05, 3.63) is 53.1 Å². The van der Waals surface area contributed by atoms with Gasteiger partial charge in [0.25, 0.3) is 0 Å². The molecule has 1 spiro atoms. The number of hydrogen-bond acceptors (Lipinski definition) is 7. The number of carbonyl (C=O) groups is 3. The topological polar surface area (TPSA) is 99.1 Å². The van der Waals surface area contributed by atoms with E-state index in [0.717, 1.165) is 12.0 Å². The van der Waals surface area contributed by atoms with Crippen LogP contribution in [-0.4, -0.2) is 42.3 Å². The van der Waals surface area contributed by atoms with Crippen LogP contribution in [0.1, 0.15) is 67.9 Å². The van der Waals surface area contributed by atoms with Crippen molar-refractivity contribution in [2.24, 2.45) is 28.6 Å². The van der Waals surface area contributed by atoms with Crippen LogP contribution in [0.4, 0.5) is 0 Å². The van der Waals surface area contributed by atoms with E-state index in [1.807, 2.05) is 12.1 Å². The lowest BCUT2D eigenvalue weighted by molar-refractivity contribution is -0.177. The van der Waals surface area contributed by atoms with Crippen molar-refractivity contribution in [1.29, 1.82) is 0 Å². The van der Waals surface area contributed by atoms with Gasteiger partial charge < -0.3 is 19.3 Å². The van der Waals surface area contributed by atoms with Crippen LogP contribution >= 0.6 is 0 Å². The zero-order valence-corrected chi connectivity index (χ0v) is 23.2. The van der Waals surface area contributed by atoms with Crippen LogP contribution in [0.3, 0.4) is 0 Å². The Balaban J connectivity index is 1.50. The first kappa shape index (κ1) is 25.7. The summed E-state index contributed by atoms with van der Waals surface area (Å²) in [5, 5.41) is 11.0. The highest BCUT2D eigenvalue weighted by Gasteiger charge is 2.84. The van der Waals surface area contributed by atoms with Crippen LogP contribution in [0, 0.1) is 28.6 Å². The van der Waals surface area contributed by atoms with Crippen LogP contribution in [0.5, 0.6) is 23.0 Å². The molecular formula is C32H34O7. The molecule has 6 rings (SSSR count). The van der Waals surface area contributed by atoms with Gasteiger partial charge in [0, 0.05) is 28.9 Å². The van der Waals surface area contributed by atoms with Gasteiger partial charge in [-0.05, 0) is 53.9 Å². The predicted molar refractivity (Wildman–Crippen MR) is 144 cm³/mol. The molecule has 3 aliphatic carbocycles. The number of carbonyl (C=O) groups excluding carboxylic acids is 3. The summed E-state index contributed by atoms with van der Waals surface area (Å²) in [7, 11) is 3.07. The largest absolute Gasteiger partial charge is 0.507 e. The first-order chi connectivity index (χ1) is 18.4. The van der Waals surface area contributed by atoms with Crippen molar-refractivity contribution in [3.63, 3.8) is 0 Å². The summed E-state index contributed by atoms with van der Waals surface area (Å²) in [6, 6.07) is 8.64. The minimum absolute atomic E-state index is 0.0176. The maximum Gasteiger partial charge on any atom is 0.243 e. The summed E-state index contributed by atoms with van der Waals surface area (Å²) in [4.78, 5) is 41.3. The number of phenolic OH excluding ortho intramolecular Hbond substituents is 1. The fourth-order valence-electron chi connectivity index (χ4n) is 8.36. The van der Waals surface area contributed by atoms with Gasteiger partial charge in [0.15, 0.2) is 11.4 Å². The fourth-order valence-corrected chi connectivity index (χ4v) is 8.36. The number of Topliss-reactive ketones (excluding diaryl/α,β-unsaturated/α-hetero) is 2. The highest BCUT2D eigenvalue weighted by atomic mass is 16.5. The van der Waals surface area contributed by atoms with E-state index in [-0.39, 0.29) is 46.0 Å². The molecule has 0 bridgehead atoms. The minimum Gasteiger partial charge on any atom is -0.507 e. The van der Waals surface area contributed by atoms with Gasteiger partial charge in [-0.1, -0.05) is 45.9 Å². The van der Waals surface area contributed by atoms with Crippen molar-refractivity contribution in [2.75, 3.05) is 14.2 Å². The molecule has 4 aliphatic rings. The molecule has 0 radical (unpaired) electrons. The number of fused-ring (bicyclic) bond motifs is 4. The van der Waals surface area contributed by atoms with Gasteiger partial charge in [-0.2, -0.15) is 0 Å². The third-order valence-electron chi connectivity index (χ3n) is 10.4. The number of ether oxygens (including phenoxy) is 3. The average Bonchev–Trinajstić information content (AvgIpc) is 3.33. The lowest BCUT2D eigenvalue weighted by Crippen LogP contribution is -2.68. The average molecular weight is 531 g/mol. The van der Waals surface area contributed by atoms with Gasteiger partial charge in [0.1, 0.15) is 28.6 Å². The SMILES string of the molecule is COc1ccc(C=CC(=O)c2c(O)cc(OC)c3c2OC24C(=O)C(=O)C5C(C5(C)C)C2(C)C(C)CCC34)cc1. The number of benzene rings is 2. The molecule has 0 aromatic heterocycles. The van der Waals surface area contributed by atoms with E-state index in [4.69, 9.17) is 14.2 Å². The molecule has 39 heavy (non-hydrogen) atoms. The smallest absolute Gasteiger partial charge is 0.243 e. The van der Waals surface area contributed by atoms with E-state index >= 15 is 0 Å². The van der Waals surface area contributed by atoms with E-state index in [2.05, 4.69) is 27.7 Å². The molecule has 3 fully saturated rings. The van der Waals surface area contributed by atoms with Gasteiger partial charge in [0.2, 0.25) is 11.6 Å². The summed E-state index contributed by atoms with van der Waals surface area (Å²) >= 11 is 0. The summed E-state index contributed by atoms with van der Waals surface area (Å²) in [6.45, 7) is 8.34. The molecule has 7 heteroatoms. The Morgan fingerprint density at radius 3 is 2.41 bits per heavy atom. The van der Waals surface area contributed by atoms with Crippen molar-refractivity contribution >= 4 is 23.4 Å². The second-order valence-electron chi connectivity index (χ2n) is 12.3. The summed E-state index contributed by atoms with van der Waals surface area (Å²) in [5.74, 6) is -1.14. The Hall–Kier alpha value is -3.61. The van der Waals surface area contributed by atoms with Gasteiger partial charge in [-0.25, -0.2) is 0 Å². The highest BCUT2D eigenvalue weighted by Crippen LogP contribution is 2.79. The molecular weight excluding hydrogens is 496 g/mol. The molecule has 3 saturated carbocycles. The number of phenols is 1. The van der Waals surface area contributed by atoms with Gasteiger partial charge in [-0.15, -0.1) is 0 Å².